The first-order valence-corrected chi connectivity index (χ1v) is 10.9. The van der Waals surface area contributed by atoms with Gasteiger partial charge in [-0.1, -0.05) is 12.1 Å². The van der Waals surface area contributed by atoms with Crippen LogP contribution in [0.25, 0.3) is 17.0 Å². The summed E-state index contributed by atoms with van der Waals surface area (Å²) in [6, 6.07) is 9.08. The van der Waals surface area contributed by atoms with Crippen molar-refractivity contribution in [2.24, 2.45) is 0 Å². The monoisotopic (exact) mass is 444 g/mol. The summed E-state index contributed by atoms with van der Waals surface area (Å²) in [5, 5.41) is 0. The number of rotatable bonds is 4. The van der Waals surface area contributed by atoms with Crippen molar-refractivity contribution in [1.82, 2.24) is 19.5 Å². The summed E-state index contributed by atoms with van der Waals surface area (Å²) in [5.41, 5.74) is 1.04. The van der Waals surface area contributed by atoms with Crippen LogP contribution < -0.4 is 9.80 Å². The molecule has 0 bridgehead atoms. The van der Waals surface area contributed by atoms with Crippen LogP contribution in [0.15, 0.2) is 30.3 Å². The zero-order chi connectivity index (χ0) is 22.2. The number of alkyl halides is 2. The number of para-hydroxylation sites is 2. The van der Waals surface area contributed by atoms with Crippen LogP contribution in [0.1, 0.15) is 26.1 Å². The van der Waals surface area contributed by atoms with Gasteiger partial charge < -0.3 is 19.3 Å². The minimum atomic E-state index is -2.76. The summed E-state index contributed by atoms with van der Waals surface area (Å²) in [6.45, 7) is 7.89. The van der Waals surface area contributed by atoms with Crippen LogP contribution in [0.3, 0.4) is 0 Å². The van der Waals surface area contributed by atoms with Crippen LogP contribution in [0.5, 0.6) is 0 Å². The van der Waals surface area contributed by atoms with Crippen molar-refractivity contribution in [3.05, 3.63) is 36.2 Å². The molecule has 5 rings (SSSR count). The quantitative estimate of drug-likeness (QED) is 0.612. The summed E-state index contributed by atoms with van der Waals surface area (Å²) < 4.78 is 40.6. The van der Waals surface area contributed by atoms with Crippen LogP contribution in [0, 0.1) is 0 Å². The van der Waals surface area contributed by atoms with Gasteiger partial charge in [0.25, 0.3) is 6.43 Å². The Hall–Kier alpha value is -2.85. The van der Waals surface area contributed by atoms with Gasteiger partial charge in [0.05, 0.1) is 43.0 Å². The normalized spacial score (nSPS) is 22.2. The molecule has 0 saturated carbocycles. The molecule has 4 heterocycles. The summed E-state index contributed by atoms with van der Waals surface area (Å²) in [5.74, 6) is 1.22. The van der Waals surface area contributed by atoms with Crippen molar-refractivity contribution in [2.45, 2.75) is 32.4 Å². The number of hydrogen-bond acceptors (Lipinski definition) is 7. The number of imidazole rings is 1. The maximum atomic E-state index is 14.0. The largest absolute Gasteiger partial charge is 0.378 e. The van der Waals surface area contributed by atoms with E-state index in [1.54, 1.807) is 24.3 Å². The average Bonchev–Trinajstić information content (AvgIpc) is 3.21. The Kier molecular flexibility index (Phi) is 5.64. The number of fused-ring (bicyclic) bond motifs is 1. The van der Waals surface area contributed by atoms with E-state index >= 15 is 0 Å². The van der Waals surface area contributed by atoms with Crippen molar-refractivity contribution < 1.29 is 18.3 Å². The maximum absolute atomic E-state index is 14.0. The number of aromatic nitrogens is 4. The molecular weight excluding hydrogens is 418 g/mol. The Morgan fingerprint density at radius 2 is 1.72 bits per heavy atom. The number of hydrogen-bond donors (Lipinski definition) is 0. The van der Waals surface area contributed by atoms with E-state index in [0.717, 1.165) is 0 Å². The molecule has 2 atom stereocenters. The Labute approximate surface area is 184 Å². The number of nitrogens with zero attached hydrogens (tertiary/aromatic N) is 6. The average molecular weight is 444 g/mol. The van der Waals surface area contributed by atoms with Gasteiger partial charge in [0.2, 0.25) is 5.95 Å². The van der Waals surface area contributed by atoms with E-state index < -0.39 is 6.43 Å². The molecule has 2 aliphatic heterocycles. The van der Waals surface area contributed by atoms with Crippen molar-refractivity contribution in [1.29, 1.82) is 0 Å². The molecule has 0 unspecified atom stereocenters. The lowest BCUT2D eigenvalue weighted by molar-refractivity contribution is 0.0281. The molecule has 2 saturated heterocycles. The number of benzene rings is 1. The summed E-state index contributed by atoms with van der Waals surface area (Å²) in [6.07, 6.45) is -2.73. The van der Waals surface area contributed by atoms with Gasteiger partial charge in [-0.15, -0.1) is 0 Å². The standard InChI is InChI=1S/C22H26F2N6O2/c1-14-15(2)32-12-9-29(14)19-13-18(28-7-10-31-11-8-28)26-22(27-19)30-17-6-4-3-5-16(17)25-21(30)20(23)24/h3-6,13-15,20H,7-12H2,1-2H3/t14-,15-/m1/s1. The molecular formula is C22H26F2N6O2. The van der Waals surface area contributed by atoms with Gasteiger partial charge in [-0.05, 0) is 26.0 Å². The topological polar surface area (TPSA) is 68.5 Å². The Morgan fingerprint density at radius 3 is 2.50 bits per heavy atom. The Balaban J connectivity index is 1.68. The minimum absolute atomic E-state index is 0.0275. The predicted molar refractivity (Wildman–Crippen MR) is 117 cm³/mol. The summed E-state index contributed by atoms with van der Waals surface area (Å²) in [4.78, 5) is 17.9. The molecule has 2 aliphatic rings. The predicted octanol–water partition coefficient (Wildman–Crippen LogP) is 3.20. The van der Waals surface area contributed by atoms with Gasteiger partial charge in [0, 0.05) is 25.7 Å². The molecule has 32 heavy (non-hydrogen) atoms. The van der Waals surface area contributed by atoms with E-state index in [2.05, 4.69) is 21.7 Å². The van der Waals surface area contributed by atoms with E-state index in [9.17, 15) is 8.78 Å². The van der Waals surface area contributed by atoms with E-state index in [0.29, 0.717) is 62.1 Å². The van der Waals surface area contributed by atoms with E-state index in [1.807, 2.05) is 13.0 Å². The lowest BCUT2D eigenvalue weighted by atomic mass is 10.1. The fourth-order valence-corrected chi connectivity index (χ4v) is 4.27. The highest BCUT2D eigenvalue weighted by Crippen LogP contribution is 2.30. The highest BCUT2D eigenvalue weighted by molar-refractivity contribution is 5.78. The van der Waals surface area contributed by atoms with Crippen LogP contribution in [-0.2, 0) is 9.47 Å². The number of anilines is 2. The molecule has 3 aromatic rings. The smallest absolute Gasteiger partial charge is 0.296 e. The summed E-state index contributed by atoms with van der Waals surface area (Å²) >= 11 is 0. The van der Waals surface area contributed by atoms with E-state index in [4.69, 9.17) is 19.4 Å². The zero-order valence-corrected chi connectivity index (χ0v) is 18.1. The second-order valence-corrected chi connectivity index (χ2v) is 8.09. The second-order valence-electron chi connectivity index (χ2n) is 8.09. The molecule has 8 nitrogen and oxygen atoms in total. The number of ether oxygens (including phenoxy) is 2. The SMILES string of the molecule is C[C@@H]1[C@@H](C)OCCN1c1cc(N2CCOCC2)nc(-n2c(C(F)F)nc3ccccc32)n1. The molecule has 1 aromatic carbocycles. The molecule has 2 fully saturated rings. The van der Waals surface area contributed by atoms with Crippen molar-refractivity contribution >= 4 is 22.7 Å². The van der Waals surface area contributed by atoms with Crippen LogP contribution >= 0.6 is 0 Å². The fourth-order valence-electron chi connectivity index (χ4n) is 4.27. The highest BCUT2D eigenvalue weighted by Gasteiger charge is 2.29. The van der Waals surface area contributed by atoms with Crippen LogP contribution in [0.2, 0.25) is 0 Å². The van der Waals surface area contributed by atoms with Gasteiger partial charge in [0.15, 0.2) is 5.82 Å². The first-order valence-electron chi connectivity index (χ1n) is 10.9. The van der Waals surface area contributed by atoms with Crippen molar-refractivity contribution in [3.63, 3.8) is 0 Å². The minimum Gasteiger partial charge on any atom is -0.378 e. The second kappa shape index (κ2) is 8.59. The first kappa shape index (κ1) is 21.0. The van der Waals surface area contributed by atoms with E-state index in [-0.39, 0.29) is 23.9 Å². The molecule has 10 heteroatoms. The molecule has 0 amide bonds. The third-order valence-electron chi connectivity index (χ3n) is 6.18. The third kappa shape index (κ3) is 3.77. The molecule has 0 radical (unpaired) electrons. The first-order chi connectivity index (χ1) is 15.5. The number of halogens is 2. The molecule has 170 valence electrons. The fraction of sp³-hybridized carbons (Fsp3) is 0.500. The molecule has 0 spiro atoms. The summed E-state index contributed by atoms with van der Waals surface area (Å²) in [7, 11) is 0. The van der Waals surface area contributed by atoms with Crippen molar-refractivity contribution in [3.8, 4) is 5.95 Å². The highest BCUT2D eigenvalue weighted by atomic mass is 19.3. The third-order valence-corrected chi connectivity index (χ3v) is 6.18. The van der Waals surface area contributed by atoms with Crippen LogP contribution in [0.4, 0.5) is 20.4 Å². The zero-order valence-electron chi connectivity index (χ0n) is 18.1. The maximum Gasteiger partial charge on any atom is 0.296 e. The molecule has 0 aliphatic carbocycles. The van der Waals surface area contributed by atoms with Gasteiger partial charge in [-0.3, -0.25) is 4.57 Å². The Morgan fingerprint density at radius 1 is 0.969 bits per heavy atom. The number of morpholine rings is 2. The lowest BCUT2D eigenvalue weighted by Crippen LogP contribution is -2.49. The van der Waals surface area contributed by atoms with Gasteiger partial charge in [-0.2, -0.15) is 9.97 Å². The van der Waals surface area contributed by atoms with Gasteiger partial charge >= 0.3 is 0 Å². The lowest BCUT2D eigenvalue weighted by Gasteiger charge is -2.39. The van der Waals surface area contributed by atoms with E-state index in [1.165, 1.54) is 4.57 Å². The van der Waals surface area contributed by atoms with Gasteiger partial charge in [-0.25, -0.2) is 13.8 Å². The Bertz CT molecular complexity index is 1100. The van der Waals surface area contributed by atoms with Crippen molar-refractivity contribution in [2.75, 3.05) is 49.3 Å². The van der Waals surface area contributed by atoms with Crippen LogP contribution in [-0.4, -0.2) is 71.1 Å². The van der Waals surface area contributed by atoms with Gasteiger partial charge in [0.1, 0.15) is 11.6 Å². The molecule has 2 aromatic heterocycles. The molecule has 0 N–H and O–H groups in total.